The third kappa shape index (κ3) is 6.13. The van der Waals surface area contributed by atoms with Gasteiger partial charge in [0.25, 0.3) is 11.8 Å². The highest BCUT2D eigenvalue weighted by Crippen LogP contribution is 2.39. The molecule has 8 nitrogen and oxygen atoms in total. The van der Waals surface area contributed by atoms with E-state index in [0.717, 1.165) is 24.3 Å². The van der Waals surface area contributed by atoms with Crippen molar-refractivity contribution in [2.75, 3.05) is 12.4 Å². The minimum absolute atomic E-state index is 0.105. The molecule has 2 aromatic carbocycles. The van der Waals surface area contributed by atoms with Crippen LogP contribution < -0.4 is 25.3 Å². The van der Waals surface area contributed by atoms with E-state index >= 15 is 0 Å². The van der Waals surface area contributed by atoms with Crippen LogP contribution in [0.5, 0.6) is 23.0 Å². The maximum atomic E-state index is 14.8. The Kier molecular flexibility index (Phi) is 7.25. The first-order valence-corrected chi connectivity index (χ1v) is 9.94. The fourth-order valence-electron chi connectivity index (χ4n) is 2.74. The number of halogens is 5. The molecule has 0 saturated carbocycles. The zero-order valence-electron chi connectivity index (χ0n) is 17.1. The van der Waals surface area contributed by atoms with Crippen LogP contribution in [0.15, 0.2) is 53.1 Å². The summed E-state index contributed by atoms with van der Waals surface area (Å²) in [5.41, 5.74) is 4.61. The second kappa shape index (κ2) is 9.95. The zero-order valence-corrected chi connectivity index (χ0v) is 18.7. The first kappa shape index (κ1) is 24.8. The number of primary amides is 1. The molecule has 0 fully saturated rings. The Bertz CT molecular complexity index is 1250. The minimum atomic E-state index is -4.92. The molecular weight excluding hydrogens is 530 g/mol. The van der Waals surface area contributed by atoms with Gasteiger partial charge in [-0.25, -0.2) is 4.39 Å². The number of rotatable bonds is 7. The number of ether oxygens (including phenoxy) is 3. The summed E-state index contributed by atoms with van der Waals surface area (Å²) in [5, 5.41) is 2.41. The number of methoxy groups -OCH3 is 1. The van der Waals surface area contributed by atoms with Gasteiger partial charge in [0.15, 0.2) is 11.5 Å². The Labute approximate surface area is 197 Å². The first-order chi connectivity index (χ1) is 16.0. The molecule has 13 heteroatoms. The predicted molar refractivity (Wildman–Crippen MR) is 115 cm³/mol. The van der Waals surface area contributed by atoms with E-state index < -0.39 is 35.3 Å². The van der Waals surface area contributed by atoms with Gasteiger partial charge in [-0.15, -0.1) is 13.2 Å². The Balaban J connectivity index is 1.95. The van der Waals surface area contributed by atoms with Crippen molar-refractivity contribution >= 4 is 33.4 Å². The van der Waals surface area contributed by atoms with Crippen LogP contribution in [-0.4, -0.2) is 30.3 Å². The maximum Gasteiger partial charge on any atom is 0.573 e. The SMILES string of the molecule is COc1cc(OC(F)(F)F)ccc1Oc1cc(Br)cc(F)c1C(=O)Nc1ccnc(C(N)=O)c1. The quantitative estimate of drug-likeness (QED) is 0.404. The molecule has 178 valence electrons. The van der Waals surface area contributed by atoms with Gasteiger partial charge in [-0.2, -0.15) is 0 Å². The molecule has 3 N–H and O–H groups in total. The van der Waals surface area contributed by atoms with Crippen molar-refractivity contribution in [3.8, 4) is 23.0 Å². The number of hydrogen-bond donors (Lipinski definition) is 2. The molecule has 2 amide bonds. The van der Waals surface area contributed by atoms with E-state index in [-0.39, 0.29) is 33.1 Å². The Morgan fingerprint density at radius 2 is 1.79 bits per heavy atom. The standard InChI is InChI=1S/C21H14BrF4N3O5/c1-32-16-9-12(34-21(24,25)26)2-3-15(16)33-17-7-10(22)6-13(23)18(17)20(31)29-11-4-5-28-14(8-11)19(27)30/h2-9H,1H3,(H2,27,30)(H,28,29,31). The number of anilines is 1. The Morgan fingerprint density at radius 3 is 2.44 bits per heavy atom. The van der Waals surface area contributed by atoms with Gasteiger partial charge in [0, 0.05) is 22.4 Å². The number of benzene rings is 2. The van der Waals surface area contributed by atoms with Crippen molar-refractivity contribution < 1.29 is 41.4 Å². The number of pyridine rings is 1. The summed E-state index contributed by atoms with van der Waals surface area (Å²) in [5.74, 6) is -3.90. The van der Waals surface area contributed by atoms with Crippen molar-refractivity contribution in [1.82, 2.24) is 4.98 Å². The number of nitrogens with one attached hydrogen (secondary N) is 1. The van der Waals surface area contributed by atoms with Crippen LogP contribution in [0.4, 0.5) is 23.2 Å². The third-order valence-electron chi connectivity index (χ3n) is 4.10. The molecule has 3 rings (SSSR count). The van der Waals surface area contributed by atoms with E-state index in [4.69, 9.17) is 15.2 Å². The smallest absolute Gasteiger partial charge is 0.493 e. The molecule has 0 saturated heterocycles. The third-order valence-corrected chi connectivity index (χ3v) is 4.56. The summed E-state index contributed by atoms with van der Waals surface area (Å²) in [7, 11) is 1.18. The van der Waals surface area contributed by atoms with E-state index in [1.54, 1.807) is 0 Å². The minimum Gasteiger partial charge on any atom is -0.493 e. The highest BCUT2D eigenvalue weighted by atomic mass is 79.9. The van der Waals surface area contributed by atoms with Crippen molar-refractivity contribution in [2.45, 2.75) is 6.36 Å². The first-order valence-electron chi connectivity index (χ1n) is 9.14. The number of nitrogens with zero attached hydrogens (tertiary/aromatic N) is 1. The van der Waals surface area contributed by atoms with Crippen molar-refractivity contribution in [1.29, 1.82) is 0 Å². The fourth-order valence-corrected chi connectivity index (χ4v) is 3.14. The molecule has 34 heavy (non-hydrogen) atoms. The number of hydrogen-bond acceptors (Lipinski definition) is 6. The molecule has 0 spiro atoms. The molecule has 0 radical (unpaired) electrons. The van der Waals surface area contributed by atoms with Gasteiger partial charge in [-0.1, -0.05) is 15.9 Å². The topological polar surface area (TPSA) is 113 Å². The van der Waals surface area contributed by atoms with Crippen LogP contribution in [0.1, 0.15) is 20.8 Å². The van der Waals surface area contributed by atoms with Crippen LogP contribution >= 0.6 is 15.9 Å². The molecule has 3 aromatic rings. The molecular formula is C21H14BrF4N3O5. The van der Waals surface area contributed by atoms with Crippen LogP contribution in [0.2, 0.25) is 0 Å². The number of aromatic nitrogens is 1. The molecule has 0 atom stereocenters. The van der Waals surface area contributed by atoms with E-state index in [1.807, 2.05) is 0 Å². The Morgan fingerprint density at radius 1 is 1.06 bits per heavy atom. The van der Waals surface area contributed by atoms with Gasteiger partial charge >= 0.3 is 6.36 Å². The highest BCUT2D eigenvalue weighted by molar-refractivity contribution is 9.10. The number of amides is 2. The maximum absolute atomic E-state index is 14.8. The van der Waals surface area contributed by atoms with Gasteiger partial charge in [-0.3, -0.25) is 14.6 Å². The second-order valence-electron chi connectivity index (χ2n) is 6.47. The number of carbonyl (C=O) groups excluding carboxylic acids is 2. The lowest BCUT2D eigenvalue weighted by atomic mass is 10.1. The molecule has 0 aliphatic rings. The summed E-state index contributed by atoms with van der Waals surface area (Å²) < 4.78 is 66.9. The average molecular weight is 544 g/mol. The summed E-state index contributed by atoms with van der Waals surface area (Å²) >= 11 is 3.09. The van der Waals surface area contributed by atoms with Crippen LogP contribution in [0, 0.1) is 5.82 Å². The summed E-state index contributed by atoms with van der Waals surface area (Å²) in [6, 6.07) is 7.81. The van der Waals surface area contributed by atoms with E-state index in [0.29, 0.717) is 0 Å². The summed E-state index contributed by atoms with van der Waals surface area (Å²) in [6.45, 7) is 0. The molecule has 0 aliphatic heterocycles. The van der Waals surface area contributed by atoms with Gasteiger partial charge in [0.2, 0.25) is 0 Å². The monoisotopic (exact) mass is 543 g/mol. The molecule has 0 aliphatic carbocycles. The van der Waals surface area contributed by atoms with E-state index in [9.17, 15) is 27.2 Å². The predicted octanol–water partition coefficient (Wildman–Crippen LogP) is 5.03. The zero-order chi connectivity index (χ0) is 25.0. The lowest BCUT2D eigenvalue weighted by Gasteiger charge is -2.16. The lowest BCUT2D eigenvalue weighted by molar-refractivity contribution is -0.274. The van der Waals surface area contributed by atoms with Crippen molar-refractivity contribution in [2.24, 2.45) is 5.73 Å². The van der Waals surface area contributed by atoms with Crippen LogP contribution in [0.3, 0.4) is 0 Å². The van der Waals surface area contributed by atoms with Gasteiger partial charge in [-0.05, 0) is 36.4 Å². The second-order valence-corrected chi connectivity index (χ2v) is 7.39. The molecule has 1 aromatic heterocycles. The molecule has 0 unspecified atom stereocenters. The molecule has 0 bridgehead atoms. The summed E-state index contributed by atoms with van der Waals surface area (Å²) in [4.78, 5) is 27.9. The van der Waals surface area contributed by atoms with Gasteiger partial charge in [0.1, 0.15) is 28.6 Å². The number of alkyl halides is 3. The van der Waals surface area contributed by atoms with E-state index in [1.165, 1.54) is 31.5 Å². The van der Waals surface area contributed by atoms with Crippen LogP contribution in [0.25, 0.3) is 0 Å². The number of carbonyl (C=O) groups is 2. The van der Waals surface area contributed by atoms with Crippen molar-refractivity contribution in [3.63, 3.8) is 0 Å². The fraction of sp³-hybridized carbons (Fsp3) is 0.0952. The number of nitrogens with two attached hydrogens (primary N) is 1. The largest absolute Gasteiger partial charge is 0.573 e. The summed E-state index contributed by atoms with van der Waals surface area (Å²) in [6.07, 6.45) is -3.70. The van der Waals surface area contributed by atoms with Gasteiger partial charge < -0.3 is 25.3 Å². The molecule has 1 heterocycles. The van der Waals surface area contributed by atoms with E-state index in [2.05, 4.69) is 31.0 Å². The normalized spacial score (nSPS) is 11.0. The Hall–Kier alpha value is -3.87. The average Bonchev–Trinajstić information content (AvgIpc) is 2.73. The highest BCUT2D eigenvalue weighted by Gasteiger charge is 2.31. The van der Waals surface area contributed by atoms with Crippen LogP contribution in [-0.2, 0) is 0 Å². The van der Waals surface area contributed by atoms with Gasteiger partial charge in [0.05, 0.1) is 7.11 Å². The lowest BCUT2D eigenvalue weighted by Crippen LogP contribution is -2.17. The van der Waals surface area contributed by atoms with Crippen molar-refractivity contribution in [3.05, 3.63) is 70.2 Å².